The topological polar surface area (TPSA) is 55.4 Å². The second-order valence-electron chi connectivity index (χ2n) is 4.85. The van der Waals surface area contributed by atoms with Gasteiger partial charge in [0.25, 0.3) is 0 Å². The van der Waals surface area contributed by atoms with Crippen LogP contribution in [0.5, 0.6) is 0 Å². The second kappa shape index (κ2) is 7.19. The summed E-state index contributed by atoms with van der Waals surface area (Å²) in [7, 11) is 0. The minimum Gasteiger partial charge on any atom is -0.445 e. The average Bonchev–Trinajstić information content (AvgIpc) is 2.35. The van der Waals surface area contributed by atoms with E-state index in [0.29, 0.717) is 5.75 Å². The van der Waals surface area contributed by atoms with Gasteiger partial charge in [-0.15, -0.1) is 0 Å². The van der Waals surface area contributed by atoms with Crippen LogP contribution in [0.3, 0.4) is 0 Å². The van der Waals surface area contributed by atoms with Gasteiger partial charge in [0.2, 0.25) is 0 Å². The van der Waals surface area contributed by atoms with Crippen LogP contribution < -0.4 is 5.32 Å². The summed E-state index contributed by atoms with van der Waals surface area (Å²) in [4.78, 5) is 22.6. The van der Waals surface area contributed by atoms with Crippen molar-refractivity contribution in [1.82, 2.24) is 5.32 Å². The van der Waals surface area contributed by atoms with E-state index < -0.39 is 11.6 Å². The van der Waals surface area contributed by atoms with Crippen LogP contribution in [-0.2, 0) is 16.1 Å². The summed E-state index contributed by atoms with van der Waals surface area (Å²) in [6.45, 7) is 5.45. The zero-order valence-electron chi connectivity index (χ0n) is 11.4. The Bertz CT molecular complexity index is 432. The Balaban J connectivity index is 2.36. The molecule has 19 heavy (non-hydrogen) atoms. The third-order valence-corrected chi connectivity index (χ3v) is 3.56. The zero-order chi connectivity index (χ0) is 14.3. The van der Waals surface area contributed by atoms with Crippen molar-refractivity contribution in [2.75, 3.05) is 5.75 Å². The molecule has 1 N–H and O–H groups in total. The summed E-state index contributed by atoms with van der Waals surface area (Å²) in [5, 5.41) is 2.78. The molecule has 1 rings (SSSR count). The van der Waals surface area contributed by atoms with Crippen molar-refractivity contribution >= 4 is 23.0 Å². The molecule has 1 aromatic rings. The molecule has 5 heteroatoms. The van der Waals surface area contributed by atoms with E-state index in [2.05, 4.69) is 5.32 Å². The van der Waals surface area contributed by atoms with Gasteiger partial charge in [-0.1, -0.05) is 42.1 Å². The van der Waals surface area contributed by atoms with Gasteiger partial charge in [0.15, 0.2) is 5.12 Å². The smallest absolute Gasteiger partial charge is 0.407 e. The zero-order valence-corrected chi connectivity index (χ0v) is 12.3. The third-order valence-electron chi connectivity index (χ3n) is 2.29. The molecule has 104 valence electrons. The molecule has 0 radical (unpaired) electrons. The number of nitrogens with one attached hydrogen (secondary N) is 1. The molecule has 0 heterocycles. The van der Waals surface area contributed by atoms with Crippen molar-refractivity contribution in [3.05, 3.63) is 35.9 Å². The lowest BCUT2D eigenvalue weighted by Gasteiger charge is -2.24. The monoisotopic (exact) mass is 281 g/mol. The summed E-state index contributed by atoms with van der Waals surface area (Å²) < 4.78 is 5.13. The van der Waals surface area contributed by atoms with Crippen molar-refractivity contribution in [1.29, 1.82) is 0 Å². The molecule has 1 amide bonds. The van der Waals surface area contributed by atoms with Gasteiger partial charge in [0, 0.05) is 18.2 Å². The average molecular weight is 281 g/mol. The maximum atomic E-state index is 11.6. The fraction of sp³-hybridized carbons (Fsp3) is 0.429. The molecule has 0 saturated carbocycles. The minimum absolute atomic E-state index is 0.0347. The van der Waals surface area contributed by atoms with Gasteiger partial charge in [-0.2, -0.15) is 0 Å². The lowest BCUT2D eigenvalue weighted by atomic mass is 10.1. The SMILES string of the molecule is CC(=O)SCC(C)(C)NC(=O)OCc1ccccc1. The predicted octanol–water partition coefficient (Wildman–Crippen LogP) is 2.97. The van der Waals surface area contributed by atoms with Gasteiger partial charge >= 0.3 is 6.09 Å². The Hall–Kier alpha value is -1.49. The van der Waals surface area contributed by atoms with Gasteiger partial charge < -0.3 is 10.1 Å². The number of thioether (sulfide) groups is 1. The second-order valence-corrected chi connectivity index (χ2v) is 6.00. The van der Waals surface area contributed by atoms with Crippen molar-refractivity contribution in [3.8, 4) is 0 Å². The Morgan fingerprint density at radius 3 is 2.47 bits per heavy atom. The number of alkyl carbamates (subject to hydrolysis) is 1. The number of rotatable bonds is 5. The summed E-state index contributed by atoms with van der Waals surface area (Å²) in [6, 6.07) is 9.48. The number of hydrogen-bond acceptors (Lipinski definition) is 4. The fourth-order valence-corrected chi connectivity index (χ4v) is 1.99. The number of amides is 1. The summed E-state index contributed by atoms with van der Waals surface area (Å²) in [6.07, 6.45) is -0.474. The van der Waals surface area contributed by atoms with Gasteiger partial charge in [-0.25, -0.2) is 4.79 Å². The quantitative estimate of drug-likeness (QED) is 0.901. The van der Waals surface area contributed by atoms with Gasteiger partial charge in [0.1, 0.15) is 6.61 Å². The number of carbonyl (C=O) groups excluding carboxylic acids is 2. The number of ether oxygens (including phenoxy) is 1. The highest BCUT2D eigenvalue weighted by atomic mass is 32.2. The first-order chi connectivity index (χ1) is 8.89. The highest BCUT2D eigenvalue weighted by molar-refractivity contribution is 8.13. The van der Waals surface area contributed by atoms with Crippen LogP contribution in [0.1, 0.15) is 26.3 Å². The molecule has 0 aliphatic carbocycles. The van der Waals surface area contributed by atoms with E-state index in [-0.39, 0.29) is 11.7 Å². The van der Waals surface area contributed by atoms with Crippen LogP contribution in [0.4, 0.5) is 4.79 Å². The molecular weight excluding hydrogens is 262 g/mol. The molecule has 4 nitrogen and oxygen atoms in total. The highest BCUT2D eigenvalue weighted by Crippen LogP contribution is 2.13. The fourth-order valence-electron chi connectivity index (χ4n) is 1.35. The van der Waals surface area contributed by atoms with E-state index in [9.17, 15) is 9.59 Å². The third kappa shape index (κ3) is 6.86. The minimum atomic E-state index is -0.482. The van der Waals surface area contributed by atoms with E-state index in [1.54, 1.807) is 0 Å². The molecule has 0 aliphatic rings. The molecule has 0 atom stereocenters. The Morgan fingerprint density at radius 1 is 1.26 bits per heavy atom. The lowest BCUT2D eigenvalue weighted by molar-refractivity contribution is -0.109. The number of benzene rings is 1. The largest absolute Gasteiger partial charge is 0.445 e. The molecule has 1 aromatic carbocycles. The van der Waals surface area contributed by atoms with E-state index in [4.69, 9.17) is 4.74 Å². The van der Waals surface area contributed by atoms with Crippen LogP contribution in [0.15, 0.2) is 30.3 Å². The first-order valence-corrected chi connectivity index (χ1v) is 7.00. The summed E-state index contributed by atoms with van der Waals surface area (Å²) in [5.74, 6) is 0.517. The van der Waals surface area contributed by atoms with Crippen LogP contribution >= 0.6 is 11.8 Å². The van der Waals surface area contributed by atoms with Crippen LogP contribution in [0.2, 0.25) is 0 Å². The maximum absolute atomic E-state index is 11.6. The van der Waals surface area contributed by atoms with E-state index in [1.807, 2.05) is 44.2 Å². The van der Waals surface area contributed by atoms with Crippen molar-refractivity contribution in [2.24, 2.45) is 0 Å². The summed E-state index contributed by atoms with van der Waals surface area (Å²) >= 11 is 1.19. The normalized spacial score (nSPS) is 10.9. The van der Waals surface area contributed by atoms with E-state index in [1.165, 1.54) is 18.7 Å². The lowest BCUT2D eigenvalue weighted by Crippen LogP contribution is -2.45. The maximum Gasteiger partial charge on any atom is 0.407 e. The predicted molar refractivity (Wildman–Crippen MR) is 77.0 cm³/mol. The van der Waals surface area contributed by atoms with E-state index in [0.717, 1.165) is 5.56 Å². The Morgan fingerprint density at radius 2 is 1.89 bits per heavy atom. The van der Waals surface area contributed by atoms with Gasteiger partial charge in [0.05, 0.1) is 0 Å². The first-order valence-electron chi connectivity index (χ1n) is 6.01. The molecule has 0 bridgehead atoms. The van der Waals surface area contributed by atoms with Gasteiger partial charge in [-0.3, -0.25) is 4.79 Å². The van der Waals surface area contributed by atoms with Crippen molar-refractivity contribution in [3.63, 3.8) is 0 Å². The molecule has 0 aromatic heterocycles. The molecule has 0 spiro atoms. The Kier molecular flexibility index (Phi) is 5.89. The molecule has 0 fully saturated rings. The van der Waals surface area contributed by atoms with Crippen molar-refractivity contribution < 1.29 is 14.3 Å². The Labute approximate surface area is 117 Å². The molecular formula is C14H19NO3S. The standard InChI is InChI=1S/C14H19NO3S/c1-11(16)19-10-14(2,3)15-13(17)18-9-12-7-5-4-6-8-12/h4-8H,9-10H2,1-3H3,(H,15,17). The van der Waals surface area contributed by atoms with Gasteiger partial charge in [-0.05, 0) is 19.4 Å². The van der Waals surface area contributed by atoms with E-state index >= 15 is 0 Å². The van der Waals surface area contributed by atoms with Crippen LogP contribution in [-0.4, -0.2) is 22.5 Å². The first kappa shape index (κ1) is 15.6. The van der Waals surface area contributed by atoms with Crippen LogP contribution in [0, 0.1) is 0 Å². The number of carbonyl (C=O) groups is 2. The summed E-state index contributed by atoms with van der Waals surface area (Å²) in [5.41, 5.74) is 0.456. The highest BCUT2D eigenvalue weighted by Gasteiger charge is 2.22. The number of hydrogen-bond donors (Lipinski definition) is 1. The van der Waals surface area contributed by atoms with Crippen LogP contribution in [0.25, 0.3) is 0 Å². The molecule has 0 aliphatic heterocycles. The molecule has 0 saturated heterocycles. The van der Waals surface area contributed by atoms with Crippen molar-refractivity contribution in [2.45, 2.75) is 32.9 Å². The molecule has 0 unspecified atom stereocenters.